The number of aromatic nitrogens is 2. The van der Waals surface area contributed by atoms with E-state index >= 15 is 0 Å². The van der Waals surface area contributed by atoms with Crippen LogP contribution in [0, 0.1) is 26.7 Å². The highest BCUT2D eigenvalue weighted by molar-refractivity contribution is 6.00. The van der Waals surface area contributed by atoms with Gasteiger partial charge in [-0.15, -0.1) is 0 Å². The molecule has 2 aromatic heterocycles. The number of methoxy groups -OCH3 is 1. The molecule has 3 rings (SSSR count). The monoisotopic (exact) mass is 493 g/mol. The molecule has 1 N–H and O–H groups in total. The van der Waals surface area contributed by atoms with Gasteiger partial charge >= 0.3 is 5.97 Å². The van der Waals surface area contributed by atoms with Crippen LogP contribution in [-0.2, 0) is 14.3 Å². The molecule has 0 aliphatic carbocycles. The number of hydrogen-bond donors (Lipinski definition) is 1. The Morgan fingerprint density at radius 3 is 2.39 bits per heavy atom. The molecule has 0 aliphatic heterocycles. The molecule has 0 saturated heterocycles. The van der Waals surface area contributed by atoms with Crippen LogP contribution in [0.25, 0.3) is 11.9 Å². The van der Waals surface area contributed by atoms with Crippen LogP contribution in [0.5, 0.6) is 5.75 Å². The summed E-state index contributed by atoms with van der Waals surface area (Å²) in [6.07, 6.45) is 2.98. The number of esters is 1. The predicted molar refractivity (Wildman–Crippen MR) is 134 cm³/mol. The first-order valence-corrected chi connectivity index (χ1v) is 11.6. The van der Waals surface area contributed by atoms with Crippen molar-refractivity contribution in [3.63, 3.8) is 0 Å². The molecule has 0 radical (unpaired) electrons. The summed E-state index contributed by atoms with van der Waals surface area (Å²) in [6, 6.07) is 9.78. The molecule has 1 aromatic carbocycles. The summed E-state index contributed by atoms with van der Waals surface area (Å²) in [5, 5.41) is 6.67. The van der Waals surface area contributed by atoms with Gasteiger partial charge in [0.25, 0.3) is 0 Å². The minimum Gasteiger partial charge on any atom is -0.497 e. The third kappa shape index (κ3) is 6.29. The average Bonchev–Trinajstić information content (AvgIpc) is 3.40. The van der Waals surface area contributed by atoms with Gasteiger partial charge in [0, 0.05) is 29.1 Å². The van der Waals surface area contributed by atoms with E-state index < -0.39 is 24.5 Å². The molecule has 36 heavy (non-hydrogen) atoms. The molecule has 190 valence electrons. The van der Waals surface area contributed by atoms with E-state index in [-0.39, 0.29) is 11.7 Å². The standard InChI is InChI=1S/C27H31N3O6/c1-16(2)26(28-25(32)12-9-20-7-10-21(34-6)11-8-20)27(33)35-15-23(31)22-13-17(3)30(19(22)5)24-14-18(4)36-29-24/h7-14,16,26H,15H2,1-6H3,(H,28,32)/b12-9+. The normalized spacial score (nSPS) is 12.1. The van der Waals surface area contributed by atoms with Crippen molar-refractivity contribution in [2.45, 2.75) is 40.7 Å². The van der Waals surface area contributed by atoms with Gasteiger partial charge in [-0.2, -0.15) is 0 Å². The van der Waals surface area contributed by atoms with Gasteiger partial charge in [0.05, 0.1) is 7.11 Å². The van der Waals surface area contributed by atoms with Crippen molar-refractivity contribution in [2.75, 3.05) is 13.7 Å². The molecule has 0 saturated carbocycles. The number of carbonyl (C=O) groups excluding carboxylic acids is 3. The van der Waals surface area contributed by atoms with Crippen molar-refractivity contribution in [2.24, 2.45) is 5.92 Å². The summed E-state index contributed by atoms with van der Waals surface area (Å²) in [5.74, 6) is 0.222. The predicted octanol–water partition coefficient (Wildman–Crippen LogP) is 3.98. The second kappa shape index (κ2) is 11.5. The maximum atomic E-state index is 12.8. The Hall–Kier alpha value is -4.14. The number of benzene rings is 1. The minimum atomic E-state index is -0.906. The Bertz CT molecular complexity index is 1270. The van der Waals surface area contributed by atoms with E-state index in [1.54, 1.807) is 69.7 Å². The number of nitrogens with one attached hydrogen (secondary N) is 1. The number of carbonyl (C=O) groups is 3. The smallest absolute Gasteiger partial charge is 0.329 e. The van der Waals surface area contributed by atoms with Gasteiger partial charge in [0.15, 0.2) is 12.4 Å². The number of hydrogen-bond acceptors (Lipinski definition) is 7. The van der Waals surface area contributed by atoms with E-state index in [0.717, 1.165) is 11.3 Å². The molecule has 0 aliphatic rings. The lowest BCUT2D eigenvalue weighted by atomic mass is 10.0. The topological polar surface area (TPSA) is 113 Å². The van der Waals surface area contributed by atoms with E-state index in [9.17, 15) is 14.4 Å². The van der Waals surface area contributed by atoms with Gasteiger partial charge in [0.2, 0.25) is 11.7 Å². The molecule has 0 spiro atoms. The number of Topliss-reactive ketones (excluding diaryl/α,β-unsaturated/α-hetero) is 1. The lowest BCUT2D eigenvalue weighted by Crippen LogP contribution is -2.45. The fraction of sp³-hybridized carbons (Fsp3) is 0.333. The molecule has 2 heterocycles. The van der Waals surface area contributed by atoms with Crippen molar-refractivity contribution in [1.82, 2.24) is 15.0 Å². The number of ether oxygens (including phenoxy) is 2. The highest BCUT2D eigenvalue weighted by atomic mass is 16.5. The number of aryl methyl sites for hydroxylation is 2. The van der Waals surface area contributed by atoms with Crippen molar-refractivity contribution < 1.29 is 28.4 Å². The fourth-order valence-corrected chi connectivity index (χ4v) is 3.75. The summed E-state index contributed by atoms with van der Waals surface area (Å²) >= 11 is 0. The second-order valence-electron chi connectivity index (χ2n) is 8.78. The maximum absolute atomic E-state index is 12.8. The summed E-state index contributed by atoms with van der Waals surface area (Å²) in [4.78, 5) is 38.0. The molecule has 1 unspecified atom stereocenters. The molecule has 9 heteroatoms. The van der Waals surface area contributed by atoms with E-state index in [1.807, 2.05) is 19.1 Å². The second-order valence-corrected chi connectivity index (χ2v) is 8.78. The van der Waals surface area contributed by atoms with Crippen molar-refractivity contribution >= 4 is 23.7 Å². The van der Waals surface area contributed by atoms with Gasteiger partial charge in [-0.1, -0.05) is 31.1 Å². The van der Waals surface area contributed by atoms with Crippen LogP contribution in [0.4, 0.5) is 0 Å². The Kier molecular flexibility index (Phi) is 8.47. The Morgan fingerprint density at radius 1 is 1.11 bits per heavy atom. The summed E-state index contributed by atoms with van der Waals surface area (Å²) in [6.45, 7) is 8.56. The van der Waals surface area contributed by atoms with Gasteiger partial charge in [-0.25, -0.2) is 4.79 Å². The van der Waals surface area contributed by atoms with Crippen LogP contribution in [0.1, 0.15) is 46.9 Å². The first-order valence-electron chi connectivity index (χ1n) is 11.6. The molecule has 1 atom stereocenters. The molecular formula is C27H31N3O6. The van der Waals surface area contributed by atoms with Crippen LogP contribution in [-0.4, -0.2) is 47.1 Å². The van der Waals surface area contributed by atoms with Gasteiger partial charge in [-0.3, -0.25) is 14.2 Å². The number of amides is 1. The third-order valence-corrected chi connectivity index (χ3v) is 5.68. The van der Waals surface area contributed by atoms with Crippen LogP contribution in [0.2, 0.25) is 0 Å². The van der Waals surface area contributed by atoms with E-state index in [2.05, 4.69) is 10.5 Å². The lowest BCUT2D eigenvalue weighted by molar-refractivity contribution is -0.147. The molecule has 0 fully saturated rings. The summed E-state index contributed by atoms with van der Waals surface area (Å²) in [5.41, 5.74) is 2.69. The molecule has 0 bridgehead atoms. The van der Waals surface area contributed by atoms with Crippen LogP contribution in [0.15, 0.2) is 47.0 Å². The van der Waals surface area contributed by atoms with E-state index in [1.165, 1.54) is 6.08 Å². The summed E-state index contributed by atoms with van der Waals surface area (Å²) in [7, 11) is 1.58. The lowest BCUT2D eigenvalue weighted by Gasteiger charge is -2.20. The first kappa shape index (κ1) is 26.5. The largest absolute Gasteiger partial charge is 0.497 e. The minimum absolute atomic E-state index is 0.244. The van der Waals surface area contributed by atoms with E-state index in [0.29, 0.717) is 28.6 Å². The van der Waals surface area contributed by atoms with Crippen molar-refractivity contribution in [3.05, 3.63) is 70.7 Å². The SMILES string of the molecule is COc1ccc(/C=C/C(=O)NC(C(=O)OCC(=O)c2cc(C)n(-c3cc(C)on3)c2C)C(C)C)cc1. The quantitative estimate of drug-likeness (QED) is 0.258. The molecular weight excluding hydrogens is 462 g/mol. The van der Waals surface area contributed by atoms with Gasteiger partial charge < -0.3 is 19.3 Å². The first-order chi connectivity index (χ1) is 17.1. The third-order valence-electron chi connectivity index (χ3n) is 5.68. The Balaban J connectivity index is 1.62. The zero-order valence-electron chi connectivity index (χ0n) is 21.3. The Labute approximate surface area is 210 Å². The van der Waals surface area contributed by atoms with Gasteiger partial charge in [-0.05, 0) is 56.5 Å². The average molecular weight is 494 g/mol. The van der Waals surface area contributed by atoms with Crippen molar-refractivity contribution in [3.8, 4) is 11.6 Å². The number of ketones is 1. The van der Waals surface area contributed by atoms with E-state index in [4.69, 9.17) is 14.0 Å². The van der Waals surface area contributed by atoms with Crippen LogP contribution >= 0.6 is 0 Å². The highest BCUT2D eigenvalue weighted by Gasteiger charge is 2.27. The Morgan fingerprint density at radius 2 is 1.81 bits per heavy atom. The number of rotatable bonds is 10. The van der Waals surface area contributed by atoms with Crippen LogP contribution in [0.3, 0.4) is 0 Å². The fourth-order valence-electron chi connectivity index (χ4n) is 3.75. The zero-order chi connectivity index (χ0) is 26.4. The molecule has 3 aromatic rings. The maximum Gasteiger partial charge on any atom is 0.329 e. The summed E-state index contributed by atoms with van der Waals surface area (Å²) < 4.78 is 17.4. The highest BCUT2D eigenvalue weighted by Crippen LogP contribution is 2.21. The zero-order valence-corrected chi connectivity index (χ0v) is 21.3. The van der Waals surface area contributed by atoms with Gasteiger partial charge in [0.1, 0.15) is 17.6 Å². The van der Waals surface area contributed by atoms with Crippen LogP contribution < -0.4 is 10.1 Å². The molecule has 1 amide bonds. The number of nitrogens with zero attached hydrogens (tertiary/aromatic N) is 2. The van der Waals surface area contributed by atoms with Crippen molar-refractivity contribution in [1.29, 1.82) is 0 Å². The molecule has 9 nitrogen and oxygen atoms in total.